The monoisotopic (exact) mass is 348 g/mol. The highest BCUT2D eigenvalue weighted by Gasteiger charge is 2.43. The lowest BCUT2D eigenvalue weighted by Crippen LogP contribution is -2.55. The zero-order valence-corrected chi connectivity index (χ0v) is 15.5. The van der Waals surface area contributed by atoms with Crippen LogP contribution in [-0.2, 0) is 5.54 Å². The van der Waals surface area contributed by atoms with Crippen LogP contribution >= 0.6 is 11.3 Å². The maximum Gasteiger partial charge on any atom is 0.107 e. The standard InChI is InChI=1S/C22H24N2S/c1-23-14-16-24(17-15-23)22(21-13-8-18-25-21,19-9-4-2-5-10-19)20-11-6-3-7-12-20/h2-13,18H,14-17H2,1H3. The average Bonchev–Trinajstić information content (AvgIpc) is 3.21. The van der Waals surface area contributed by atoms with Crippen LogP contribution in [0, 0.1) is 0 Å². The van der Waals surface area contributed by atoms with E-state index in [1.54, 1.807) is 0 Å². The van der Waals surface area contributed by atoms with E-state index in [9.17, 15) is 0 Å². The summed E-state index contributed by atoms with van der Waals surface area (Å²) >= 11 is 1.86. The predicted molar refractivity (Wildman–Crippen MR) is 106 cm³/mol. The Bertz CT molecular complexity index is 736. The number of likely N-dealkylation sites (N-methyl/N-ethyl adjacent to an activating group) is 1. The van der Waals surface area contributed by atoms with Gasteiger partial charge in [0, 0.05) is 31.1 Å². The molecular weight excluding hydrogens is 324 g/mol. The van der Waals surface area contributed by atoms with E-state index < -0.39 is 0 Å². The molecule has 3 aromatic rings. The van der Waals surface area contributed by atoms with Gasteiger partial charge >= 0.3 is 0 Å². The Morgan fingerprint density at radius 1 is 0.720 bits per heavy atom. The zero-order chi connectivity index (χ0) is 17.1. The van der Waals surface area contributed by atoms with Gasteiger partial charge in [0.2, 0.25) is 0 Å². The molecule has 0 spiro atoms. The Morgan fingerprint density at radius 3 is 1.76 bits per heavy atom. The molecule has 0 radical (unpaired) electrons. The van der Waals surface area contributed by atoms with Gasteiger partial charge in [0.05, 0.1) is 0 Å². The van der Waals surface area contributed by atoms with Crippen molar-refractivity contribution in [2.45, 2.75) is 5.54 Å². The van der Waals surface area contributed by atoms with Gasteiger partial charge in [-0.05, 0) is 29.6 Å². The van der Waals surface area contributed by atoms with Gasteiger partial charge < -0.3 is 4.90 Å². The lowest BCUT2D eigenvalue weighted by atomic mass is 9.79. The molecule has 1 aromatic heterocycles. The molecule has 0 unspecified atom stereocenters. The third kappa shape index (κ3) is 2.93. The second kappa shape index (κ2) is 7.12. The van der Waals surface area contributed by atoms with Crippen molar-refractivity contribution in [1.29, 1.82) is 0 Å². The third-order valence-corrected chi connectivity index (χ3v) is 6.22. The van der Waals surface area contributed by atoms with Gasteiger partial charge in [-0.25, -0.2) is 0 Å². The minimum Gasteiger partial charge on any atom is -0.304 e. The van der Waals surface area contributed by atoms with Gasteiger partial charge in [0.15, 0.2) is 0 Å². The van der Waals surface area contributed by atoms with Crippen molar-refractivity contribution in [1.82, 2.24) is 9.80 Å². The lowest BCUT2D eigenvalue weighted by molar-refractivity contribution is 0.0875. The van der Waals surface area contributed by atoms with Gasteiger partial charge in [-0.3, -0.25) is 4.90 Å². The molecular formula is C22H24N2S. The van der Waals surface area contributed by atoms with Crippen molar-refractivity contribution in [2.24, 2.45) is 0 Å². The summed E-state index contributed by atoms with van der Waals surface area (Å²) < 4.78 is 0. The van der Waals surface area contributed by atoms with Gasteiger partial charge in [-0.15, -0.1) is 11.3 Å². The van der Waals surface area contributed by atoms with E-state index in [-0.39, 0.29) is 5.54 Å². The van der Waals surface area contributed by atoms with Crippen molar-refractivity contribution < 1.29 is 0 Å². The minimum absolute atomic E-state index is 0.210. The van der Waals surface area contributed by atoms with Crippen LogP contribution in [0.2, 0.25) is 0 Å². The Morgan fingerprint density at radius 2 is 1.28 bits per heavy atom. The van der Waals surface area contributed by atoms with Crippen LogP contribution in [0.1, 0.15) is 16.0 Å². The lowest BCUT2D eigenvalue weighted by Gasteiger charge is -2.47. The maximum absolute atomic E-state index is 2.67. The Hall–Kier alpha value is -1.94. The fraction of sp³-hybridized carbons (Fsp3) is 0.273. The first-order chi connectivity index (χ1) is 12.3. The summed E-state index contributed by atoms with van der Waals surface area (Å²) in [6.45, 7) is 4.34. The summed E-state index contributed by atoms with van der Waals surface area (Å²) in [6.07, 6.45) is 0. The summed E-state index contributed by atoms with van der Waals surface area (Å²) in [4.78, 5) is 6.49. The number of hydrogen-bond acceptors (Lipinski definition) is 3. The van der Waals surface area contributed by atoms with E-state index in [2.05, 4.69) is 95.0 Å². The molecule has 25 heavy (non-hydrogen) atoms. The summed E-state index contributed by atoms with van der Waals surface area (Å²) in [6, 6.07) is 26.5. The molecule has 128 valence electrons. The molecule has 0 amide bonds. The molecule has 0 saturated carbocycles. The molecule has 0 aliphatic carbocycles. The topological polar surface area (TPSA) is 6.48 Å². The van der Waals surface area contributed by atoms with Crippen LogP contribution < -0.4 is 0 Å². The highest BCUT2D eigenvalue weighted by Crippen LogP contribution is 2.44. The molecule has 1 fully saturated rings. The molecule has 2 heterocycles. The Kier molecular flexibility index (Phi) is 4.71. The van der Waals surface area contributed by atoms with Gasteiger partial charge in [0.25, 0.3) is 0 Å². The number of rotatable bonds is 4. The predicted octanol–water partition coefficient (Wildman–Crippen LogP) is 4.29. The van der Waals surface area contributed by atoms with Crippen molar-refractivity contribution in [3.8, 4) is 0 Å². The molecule has 0 N–H and O–H groups in total. The van der Waals surface area contributed by atoms with Gasteiger partial charge in [0.1, 0.15) is 5.54 Å². The molecule has 0 atom stereocenters. The van der Waals surface area contributed by atoms with E-state index >= 15 is 0 Å². The first-order valence-corrected chi connectivity index (χ1v) is 9.78. The molecule has 2 nitrogen and oxygen atoms in total. The highest BCUT2D eigenvalue weighted by atomic mass is 32.1. The van der Waals surface area contributed by atoms with Crippen molar-refractivity contribution >= 4 is 11.3 Å². The van der Waals surface area contributed by atoms with Crippen LogP contribution in [0.4, 0.5) is 0 Å². The van der Waals surface area contributed by atoms with Crippen LogP contribution in [0.25, 0.3) is 0 Å². The first-order valence-electron chi connectivity index (χ1n) is 8.90. The fourth-order valence-corrected chi connectivity index (χ4v) is 4.95. The smallest absolute Gasteiger partial charge is 0.107 e. The van der Waals surface area contributed by atoms with E-state index in [1.807, 2.05) is 11.3 Å². The number of thiophene rings is 1. The molecule has 2 aromatic carbocycles. The average molecular weight is 349 g/mol. The van der Waals surface area contributed by atoms with E-state index in [0.717, 1.165) is 26.2 Å². The number of benzene rings is 2. The molecule has 1 aliphatic rings. The SMILES string of the molecule is CN1CCN(C(c2ccccc2)(c2ccccc2)c2cccs2)CC1. The molecule has 1 aliphatic heterocycles. The van der Waals surface area contributed by atoms with Crippen molar-refractivity contribution in [3.63, 3.8) is 0 Å². The fourth-order valence-electron chi connectivity index (χ4n) is 3.96. The van der Waals surface area contributed by atoms with Crippen LogP contribution in [-0.4, -0.2) is 43.0 Å². The van der Waals surface area contributed by atoms with Crippen LogP contribution in [0.15, 0.2) is 78.2 Å². The van der Waals surface area contributed by atoms with Crippen LogP contribution in [0.3, 0.4) is 0 Å². The van der Waals surface area contributed by atoms with Gasteiger partial charge in [-0.1, -0.05) is 66.7 Å². The third-order valence-electron chi connectivity index (χ3n) is 5.24. The largest absolute Gasteiger partial charge is 0.304 e. The number of nitrogens with zero attached hydrogens (tertiary/aromatic N) is 2. The Labute approximate surface area is 154 Å². The van der Waals surface area contributed by atoms with Crippen LogP contribution in [0.5, 0.6) is 0 Å². The normalized spacial score (nSPS) is 16.8. The second-order valence-electron chi connectivity index (χ2n) is 6.71. The van der Waals surface area contributed by atoms with Gasteiger partial charge in [-0.2, -0.15) is 0 Å². The first kappa shape index (κ1) is 16.5. The van der Waals surface area contributed by atoms with Crippen molar-refractivity contribution in [3.05, 3.63) is 94.2 Å². The highest BCUT2D eigenvalue weighted by molar-refractivity contribution is 7.10. The quantitative estimate of drug-likeness (QED) is 0.694. The molecule has 4 rings (SSSR count). The summed E-state index contributed by atoms with van der Waals surface area (Å²) in [5, 5.41) is 2.20. The van der Waals surface area contributed by atoms with E-state index in [1.165, 1.54) is 16.0 Å². The summed E-state index contributed by atoms with van der Waals surface area (Å²) in [5.74, 6) is 0. The number of hydrogen-bond donors (Lipinski definition) is 0. The summed E-state index contributed by atoms with van der Waals surface area (Å²) in [5.41, 5.74) is 2.50. The van der Waals surface area contributed by atoms with E-state index in [0.29, 0.717) is 0 Å². The molecule has 0 bridgehead atoms. The molecule has 1 saturated heterocycles. The second-order valence-corrected chi connectivity index (χ2v) is 7.66. The minimum atomic E-state index is -0.210. The molecule has 3 heteroatoms. The summed E-state index contributed by atoms with van der Waals surface area (Å²) in [7, 11) is 2.22. The maximum atomic E-state index is 2.67. The van der Waals surface area contributed by atoms with Crippen molar-refractivity contribution in [2.75, 3.05) is 33.2 Å². The number of piperazine rings is 1. The Balaban J connectivity index is 1.95. The van der Waals surface area contributed by atoms with E-state index in [4.69, 9.17) is 0 Å². The zero-order valence-electron chi connectivity index (χ0n) is 14.6.